The fourth-order valence-corrected chi connectivity index (χ4v) is 3.37. The van der Waals surface area contributed by atoms with Gasteiger partial charge in [0, 0.05) is 31.6 Å². The molecule has 26 heavy (non-hydrogen) atoms. The summed E-state index contributed by atoms with van der Waals surface area (Å²) < 4.78 is 0. The number of nitrogens with one attached hydrogen (secondary N) is 1. The van der Waals surface area contributed by atoms with E-state index in [1.165, 1.54) is 5.56 Å². The lowest BCUT2D eigenvalue weighted by Crippen LogP contribution is -2.30. The molecule has 1 unspecified atom stereocenters. The number of aryl methyl sites for hydroxylation is 2. The van der Waals surface area contributed by atoms with E-state index in [2.05, 4.69) is 5.32 Å². The summed E-state index contributed by atoms with van der Waals surface area (Å²) in [5, 5.41) is 2.97. The van der Waals surface area contributed by atoms with Crippen LogP contribution in [0, 0.1) is 19.8 Å². The summed E-state index contributed by atoms with van der Waals surface area (Å²) in [6, 6.07) is 15.7. The molecule has 1 saturated heterocycles. The lowest BCUT2D eigenvalue weighted by atomic mass is 10.0. The summed E-state index contributed by atoms with van der Waals surface area (Å²) in [6.07, 6.45) is 1.36. The fourth-order valence-electron chi connectivity index (χ4n) is 3.37. The molecule has 2 aromatic carbocycles. The maximum absolute atomic E-state index is 12.7. The van der Waals surface area contributed by atoms with Crippen molar-refractivity contribution in [2.75, 3.05) is 13.1 Å². The SMILES string of the molecule is Cc1ccc(C(=O)N2CCC(CC(=O)NCc3ccccc3)C2)cc1C. The van der Waals surface area contributed by atoms with Crippen LogP contribution in [0.4, 0.5) is 0 Å². The summed E-state index contributed by atoms with van der Waals surface area (Å²) in [7, 11) is 0. The maximum Gasteiger partial charge on any atom is 0.253 e. The molecule has 1 aliphatic heterocycles. The van der Waals surface area contributed by atoms with E-state index in [0.29, 0.717) is 19.5 Å². The molecule has 1 aliphatic rings. The number of rotatable bonds is 5. The number of carbonyl (C=O) groups excluding carboxylic acids is 2. The Morgan fingerprint density at radius 1 is 1.08 bits per heavy atom. The minimum Gasteiger partial charge on any atom is -0.352 e. The van der Waals surface area contributed by atoms with Crippen molar-refractivity contribution < 1.29 is 9.59 Å². The molecule has 1 N–H and O–H groups in total. The van der Waals surface area contributed by atoms with Gasteiger partial charge in [0.25, 0.3) is 5.91 Å². The van der Waals surface area contributed by atoms with Crippen molar-refractivity contribution in [3.8, 4) is 0 Å². The van der Waals surface area contributed by atoms with Gasteiger partial charge in [-0.3, -0.25) is 9.59 Å². The molecular formula is C22H26N2O2. The number of amides is 2. The van der Waals surface area contributed by atoms with Crippen LogP contribution in [0.3, 0.4) is 0 Å². The Balaban J connectivity index is 1.49. The van der Waals surface area contributed by atoms with E-state index < -0.39 is 0 Å². The zero-order valence-corrected chi connectivity index (χ0v) is 15.5. The van der Waals surface area contributed by atoms with Crippen LogP contribution < -0.4 is 5.32 Å². The Kier molecular flexibility index (Phi) is 5.71. The van der Waals surface area contributed by atoms with Gasteiger partial charge in [-0.1, -0.05) is 36.4 Å². The van der Waals surface area contributed by atoms with Crippen LogP contribution in [0.5, 0.6) is 0 Å². The third kappa shape index (κ3) is 4.51. The maximum atomic E-state index is 12.7. The first-order valence-electron chi connectivity index (χ1n) is 9.20. The van der Waals surface area contributed by atoms with Gasteiger partial charge in [-0.05, 0) is 55.0 Å². The highest BCUT2D eigenvalue weighted by Crippen LogP contribution is 2.22. The van der Waals surface area contributed by atoms with E-state index >= 15 is 0 Å². The van der Waals surface area contributed by atoms with Crippen molar-refractivity contribution in [1.82, 2.24) is 10.2 Å². The smallest absolute Gasteiger partial charge is 0.253 e. The highest BCUT2D eigenvalue weighted by atomic mass is 16.2. The Bertz CT molecular complexity index is 786. The minimum absolute atomic E-state index is 0.0549. The molecule has 0 radical (unpaired) electrons. The fraction of sp³-hybridized carbons (Fsp3) is 0.364. The Labute approximate surface area is 155 Å². The standard InChI is InChI=1S/C22H26N2O2/c1-16-8-9-20(12-17(16)2)22(26)24-11-10-19(15-24)13-21(25)23-14-18-6-4-3-5-7-18/h3-9,12,19H,10-11,13-15H2,1-2H3,(H,23,25). The van der Waals surface area contributed by atoms with E-state index in [4.69, 9.17) is 0 Å². The van der Waals surface area contributed by atoms with Gasteiger partial charge in [0.1, 0.15) is 0 Å². The van der Waals surface area contributed by atoms with Crippen molar-refractivity contribution in [2.45, 2.75) is 33.2 Å². The average molecular weight is 350 g/mol. The zero-order valence-electron chi connectivity index (χ0n) is 15.5. The monoisotopic (exact) mass is 350 g/mol. The average Bonchev–Trinajstić information content (AvgIpc) is 3.11. The van der Waals surface area contributed by atoms with E-state index in [1.54, 1.807) is 0 Å². The van der Waals surface area contributed by atoms with Crippen LogP contribution in [0.2, 0.25) is 0 Å². The topological polar surface area (TPSA) is 49.4 Å². The summed E-state index contributed by atoms with van der Waals surface area (Å²) in [6.45, 7) is 6.00. The van der Waals surface area contributed by atoms with Crippen molar-refractivity contribution in [1.29, 1.82) is 0 Å². The highest BCUT2D eigenvalue weighted by Gasteiger charge is 2.28. The molecule has 0 aromatic heterocycles. The molecule has 1 heterocycles. The Morgan fingerprint density at radius 2 is 1.85 bits per heavy atom. The molecule has 3 rings (SSSR count). The number of hydrogen-bond acceptors (Lipinski definition) is 2. The molecule has 0 aliphatic carbocycles. The number of nitrogens with zero attached hydrogens (tertiary/aromatic N) is 1. The van der Waals surface area contributed by atoms with E-state index in [0.717, 1.165) is 29.7 Å². The molecule has 4 heteroatoms. The number of carbonyl (C=O) groups is 2. The molecule has 0 bridgehead atoms. The summed E-state index contributed by atoms with van der Waals surface area (Å²) in [5.74, 6) is 0.362. The second-order valence-electron chi connectivity index (χ2n) is 7.17. The molecular weight excluding hydrogens is 324 g/mol. The molecule has 1 fully saturated rings. The summed E-state index contributed by atoms with van der Waals surface area (Å²) in [4.78, 5) is 26.7. The zero-order chi connectivity index (χ0) is 18.5. The second kappa shape index (κ2) is 8.17. The van der Waals surface area contributed by atoms with Gasteiger partial charge < -0.3 is 10.2 Å². The first-order chi connectivity index (χ1) is 12.5. The molecule has 2 aromatic rings. The molecule has 0 spiro atoms. The van der Waals surface area contributed by atoms with Crippen molar-refractivity contribution in [3.63, 3.8) is 0 Å². The van der Waals surface area contributed by atoms with Gasteiger partial charge in [0.05, 0.1) is 0 Å². The summed E-state index contributed by atoms with van der Waals surface area (Å²) in [5.41, 5.74) is 4.16. The normalized spacial score (nSPS) is 16.5. The third-order valence-electron chi connectivity index (χ3n) is 5.13. The molecule has 4 nitrogen and oxygen atoms in total. The molecule has 1 atom stereocenters. The summed E-state index contributed by atoms with van der Waals surface area (Å²) >= 11 is 0. The molecule has 0 saturated carbocycles. The van der Waals surface area contributed by atoms with Gasteiger partial charge in [-0.15, -0.1) is 0 Å². The van der Waals surface area contributed by atoms with Gasteiger partial charge in [-0.2, -0.15) is 0 Å². The van der Waals surface area contributed by atoms with Crippen LogP contribution in [-0.2, 0) is 11.3 Å². The van der Waals surface area contributed by atoms with Crippen LogP contribution in [0.15, 0.2) is 48.5 Å². The quantitative estimate of drug-likeness (QED) is 0.898. The van der Waals surface area contributed by atoms with Crippen LogP contribution in [-0.4, -0.2) is 29.8 Å². The van der Waals surface area contributed by atoms with Crippen molar-refractivity contribution >= 4 is 11.8 Å². The number of benzene rings is 2. The molecule has 136 valence electrons. The van der Waals surface area contributed by atoms with Gasteiger partial charge in [0.2, 0.25) is 5.91 Å². The van der Waals surface area contributed by atoms with Crippen molar-refractivity contribution in [2.24, 2.45) is 5.92 Å². The largest absolute Gasteiger partial charge is 0.352 e. The third-order valence-corrected chi connectivity index (χ3v) is 5.13. The Morgan fingerprint density at radius 3 is 2.58 bits per heavy atom. The van der Waals surface area contributed by atoms with Crippen molar-refractivity contribution in [3.05, 3.63) is 70.8 Å². The van der Waals surface area contributed by atoms with E-state index in [9.17, 15) is 9.59 Å². The van der Waals surface area contributed by atoms with Gasteiger partial charge in [-0.25, -0.2) is 0 Å². The Hall–Kier alpha value is -2.62. The van der Waals surface area contributed by atoms with Crippen LogP contribution >= 0.6 is 0 Å². The highest BCUT2D eigenvalue weighted by molar-refractivity contribution is 5.94. The van der Waals surface area contributed by atoms with Crippen LogP contribution in [0.1, 0.15) is 39.9 Å². The molecule has 2 amide bonds. The number of likely N-dealkylation sites (tertiary alicyclic amines) is 1. The lowest BCUT2D eigenvalue weighted by Gasteiger charge is -2.17. The number of hydrogen-bond donors (Lipinski definition) is 1. The lowest BCUT2D eigenvalue weighted by molar-refractivity contribution is -0.122. The minimum atomic E-state index is 0.0549. The predicted octanol–water partition coefficient (Wildman–Crippen LogP) is 3.47. The predicted molar refractivity (Wildman–Crippen MR) is 103 cm³/mol. The van der Waals surface area contributed by atoms with E-state index in [-0.39, 0.29) is 17.7 Å². The first kappa shape index (κ1) is 18.2. The van der Waals surface area contributed by atoms with Gasteiger partial charge >= 0.3 is 0 Å². The second-order valence-corrected chi connectivity index (χ2v) is 7.17. The van der Waals surface area contributed by atoms with Crippen LogP contribution in [0.25, 0.3) is 0 Å². The first-order valence-corrected chi connectivity index (χ1v) is 9.20. The van der Waals surface area contributed by atoms with E-state index in [1.807, 2.05) is 67.3 Å². The van der Waals surface area contributed by atoms with Gasteiger partial charge in [0.15, 0.2) is 0 Å².